The highest BCUT2D eigenvalue weighted by Gasteiger charge is 2.43. The number of furan rings is 1. The van der Waals surface area contributed by atoms with Gasteiger partial charge >= 0.3 is 6.18 Å². The van der Waals surface area contributed by atoms with Crippen LogP contribution in [0.2, 0.25) is 0 Å². The van der Waals surface area contributed by atoms with Crippen molar-refractivity contribution in [1.29, 1.82) is 0 Å². The summed E-state index contributed by atoms with van der Waals surface area (Å²) in [4.78, 5) is 16.1. The van der Waals surface area contributed by atoms with Crippen LogP contribution in [0.25, 0.3) is 11.0 Å². The predicted molar refractivity (Wildman–Crippen MR) is 108 cm³/mol. The Hall–Kier alpha value is -3.28. The van der Waals surface area contributed by atoms with Crippen LogP contribution in [0.3, 0.4) is 0 Å². The molecule has 1 saturated heterocycles. The summed E-state index contributed by atoms with van der Waals surface area (Å²) in [5.74, 6) is -5.32. The number of fused-ring (bicyclic) bond motifs is 1. The molecule has 4 rings (SSSR count). The second kappa shape index (κ2) is 8.82. The lowest BCUT2D eigenvalue weighted by Crippen LogP contribution is -2.57. The maximum Gasteiger partial charge on any atom is 0.433 e. The topological polar surface area (TPSA) is 76.4 Å². The second-order valence-electron chi connectivity index (χ2n) is 7.86. The van der Waals surface area contributed by atoms with Crippen molar-refractivity contribution in [3.05, 3.63) is 58.9 Å². The van der Waals surface area contributed by atoms with Gasteiger partial charge in [0.15, 0.2) is 17.3 Å². The number of aromatic nitrogens is 1. The van der Waals surface area contributed by atoms with Crippen molar-refractivity contribution in [2.24, 2.45) is 0 Å². The van der Waals surface area contributed by atoms with Gasteiger partial charge in [-0.3, -0.25) is 9.78 Å². The summed E-state index contributed by atoms with van der Waals surface area (Å²) in [6.07, 6.45) is -3.75. The number of aryl methyl sites for hydroxylation is 1. The number of hydrogen-bond acceptors (Lipinski definition) is 5. The van der Waals surface area contributed by atoms with Crippen LogP contribution in [0.15, 0.2) is 34.9 Å². The first-order chi connectivity index (χ1) is 16.0. The Balaban J connectivity index is 1.62. The zero-order valence-corrected chi connectivity index (χ0v) is 17.7. The number of hydrogen-bond donors (Lipinski definition) is 2. The zero-order valence-electron chi connectivity index (χ0n) is 17.7. The molecular weight excluding hydrogens is 468 g/mol. The Morgan fingerprint density at radius 2 is 2.12 bits per heavy atom. The number of nitrogens with zero attached hydrogens (tertiary/aromatic N) is 1. The van der Waals surface area contributed by atoms with E-state index in [2.05, 4.69) is 15.6 Å². The molecule has 1 aliphatic heterocycles. The van der Waals surface area contributed by atoms with Crippen LogP contribution in [0.1, 0.15) is 33.8 Å². The van der Waals surface area contributed by atoms with E-state index in [1.54, 1.807) is 0 Å². The van der Waals surface area contributed by atoms with E-state index in [0.29, 0.717) is 6.54 Å². The Labute approximate surface area is 189 Å². The zero-order chi connectivity index (χ0) is 24.7. The summed E-state index contributed by atoms with van der Waals surface area (Å²) in [5.41, 5.74) is -1.61. The fourth-order valence-electron chi connectivity index (χ4n) is 3.82. The summed E-state index contributed by atoms with van der Waals surface area (Å²) in [5, 5.41) is 4.93. The molecule has 0 bridgehead atoms. The number of benzene rings is 1. The maximum atomic E-state index is 14.5. The monoisotopic (exact) mass is 487 g/mol. The van der Waals surface area contributed by atoms with Crippen molar-refractivity contribution in [3.8, 4) is 5.75 Å². The van der Waals surface area contributed by atoms with Gasteiger partial charge in [0.1, 0.15) is 18.0 Å². The summed E-state index contributed by atoms with van der Waals surface area (Å²) >= 11 is 0. The fourth-order valence-corrected chi connectivity index (χ4v) is 3.82. The van der Waals surface area contributed by atoms with Crippen LogP contribution < -0.4 is 15.4 Å². The van der Waals surface area contributed by atoms with E-state index in [1.165, 1.54) is 13.0 Å². The molecule has 182 valence electrons. The number of piperidine rings is 1. The molecule has 1 amide bonds. The third kappa shape index (κ3) is 4.67. The van der Waals surface area contributed by atoms with Crippen LogP contribution in [0.5, 0.6) is 5.75 Å². The molecule has 0 saturated carbocycles. The Bertz CT molecular complexity index is 1220. The number of halogens is 6. The highest BCUT2D eigenvalue weighted by Crippen LogP contribution is 2.34. The molecule has 1 fully saturated rings. The lowest BCUT2D eigenvalue weighted by atomic mass is 10.0. The molecule has 1 aromatic carbocycles. The Morgan fingerprint density at radius 1 is 1.35 bits per heavy atom. The number of carbonyl (C=O) groups excluding carboxylic acids is 1. The highest BCUT2D eigenvalue weighted by atomic mass is 19.4. The minimum absolute atomic E-state index is 0.00319. The lowest BCUT2D eigenvalue weighted by molar-refractivity contribution is -0.142. The highest BCUT2D eigenvalue weighted by molar-refractivity contribution is 6.07. The molecular formula is C22H19F6N3O3. The summed E-state index contributed by atoms with van der Waals surface area (Å²) in [7, 11) is 0. The molecule has 0 aliphatic carbocycles. The number of alkyl halides is 5. The molecule has 0 radical (unpaired) electrons. The first-order valence-corrected chi connectivity index (χ1v) is 10.2. The molecule has 1 unspecified atom stereocenters. The van der Waals surface area contributed by atoms with E-state index in [0.717, 1.165) is 24.4 Å². The van der Waals surface area contributed by atoms with Crippen molar-refractivity contribution in [2.45, 2.75) is 38.1 Å². The Kier molecular flexibility index (Phi) is 6.19. The molecule has 1 atom stereocenters. The minimum Gasteiger partial charge on any atom is -0.486 e. The van der Waals surface area contributed by atoms with Crippen LogP contribution in [-0.4, -0.2) is 35.9 Å². The molecule has 3 heterocycles. The number of pyridine rings is 1. The third-order valence-corrected chi connectivity index (χ3v) is 5.47. The summed E-state index contributed by atoms with van der Waals surface area (Å²) in [6.45, 7) is 0.480. The van der Waals surface area contributed by atoms with Gasteiger partial charge in [0.2, 0.25) is 0 Å². The van der Waals surface area contributed by atoms with E-state index in [4.69, 9.17) is 9.15 Å². The standard InChI is InChI=1S/C22H19F6N3O3/c1-11-18(20(32)31-17-4-6-29-10-21(17,24)25)13-7-16(14(23)8-15(13)34-11)33-9-12-3-2-5-30-19(12)22(26,27)28/h2-3,5,7-8,17,29H,4,6,9-10H2,1H3,(H,31,32). The van der Waals surface area contributed by atoms with Crippen LogP contribution in [-0.2, 0) is 12.8 Å². The van der Waals surface area contributed by atoms with Crippen LogP contribution >= 0.6 is 0 Å². The molecule has 12 heteroatoms. The van der Waals surface area contributed by atoms with Gasteiger partial charge < -0.3 is 19.8 Å². The average molecular weight is 487 g/mol. The van der Waals surface area contributed by atoms with Gasteiger partial charge in [-0.15, -0.1) is 0 Å². The SMILES string of the molecule is Cc1oc2cc(F)c(OCc3cccnc3C(F)(F)F)cc2c1C(=O)NC1CCNCC1(F)F. The van der Waals surface area contributed by atoms with Gasteiger partial charge in [0.05, 0.1) is 18.2 Å². The number of rotatable bonds is 5. The van der Waals surface area contributed by atoms with Gasteiger partial charge in [0, 0.05) is 23.2 Å². The van der Waals surface area contributed by atoms with E-state index >= 15 is 0 Å². The maximum absolute atomic E-state index is 14.5. The largest absolute Gasteiger partial charge is 0.486 e. The van der Waals surface area contributed by atoms with Crippen molar-refractivity contribution in [3.63, 3.8) is 0 Å². The quantitative estimate of drug-likeness (QED) is 0.515. The van der Waals surface area contributed by atoms with Gasteiger partial charge in [-0.25, -0.2) is 13.2 Å². The van der Waals surface area contributed by atoms with Crippen LogP contribution in [0, 0.1) is 12.7 Å². The number of carbonyl (C=O) groups is 1. The molecule has 34 heavy (non-hydrogen) atoms. The van der Waals surface area contributed by atoms with Gasteiger partial charge in [0.25, 0.3) is 11.8 Å². The molecule has 1 aliphatic rings. The Morgan fingerprint density at radius 3 is 2.82 bits per heavy atom. The predicted octanol–water partition coefficient (Wildman–Crippen LogP) is 4.60. The average Bonchev–Trinajstić information content (AvgIpc) is 3.07. The number of amides is 1. The van der Waals surface area contributed by atoms with Crippen molar-refractivity contribution in [1.82, 2.24) is 15.6 Å². The number of ether oxygens (including phenoxy) is 1. The molecule has 3 aromatic rings. The van der Waals surface area contributed by atoms with Gasteiger partial charge in [-0.05, 0) is 32.0 Å². The van der Waals surface area contributed by atoms with Crippen molar-refractivity contribution >= 4 is 16.9 Å². The van der Waals surface area contributed by atoms with Gasteiger partial charge in [-0.2, -0.15) is 13.2 Å². The fraction of sp³-hybridized carbons (Fsp3) is 0.364. The number of nitrogens with one attached hydrogen (secondary N) is 2. The third-order valence-electron chi connectivity index (χ3n) is 5.47. The van der Waals surface area contributed by atoms with Crippen LogP contribution in [0.4, 0.5) is 26.3 Å². The first kappa shape index (κ1) is 23.9. The first-order valence-electron chi connectivity index (χ1n) is 10.2. The van der Waals surface area contributed by atoms with E-state index in [-0.39, 0.29) is 34.3 Å². The lowest BCUT2D eigenvalue weighted by Gasteiger charge is -2.32. The van der Waals surface area contributed by atoms with Crippen molar-refractivity contribution < 1.29 is 40.3 Å². The normalized spacial score (nSPS) is 18.1. The molecule has 0 spiro atoms. The molecule has 6 nitrogen and oxygen atoms in total. The molecule has 2 N–H and O–H groups in total. The summed E-state index contributed by atoms with van der Waals surface area (Å²) < 4.78 is 92.9. The minimum atomic E-state index is -4.73. The van der Waals surface area contributed by atoms with Crippen molar-refractivity contribution in [2.75, 3.05) is 13.1 Å². The van der Waals surface area contributed by atoms with Gasteiger partial charge in [-0.1, -0.05) is 6.07 Å². The summed E-state index contributed by atoms with van der Waals surface area (Å²) in [6, 6.07) is 3.04. The van der Waals surface area contributed by atoms with E-state index in [9.17, 15) is 31.1 Å². The van der Waals surface area contributed by atoms with E-state index < -0.39 is 54.5 Å². The second-order valence-corrected chi connectivity index (χ2v) is 7.86. The van der Waals surface area contributed by atoms with E-state index in [1.807, 2.05) is 0 Å². The smallest absolute Gasteiger partial charge is 0.433 e. The molecule has 2 aromatic heterocycles.